The molecule has 0 saturated heterocycles. The molecule has 3 nitrogen and oxygen atoms in total. The summed E-state index contributed by atoms with van der Waals surface area (Å²) < 4.78 is 8.40. The van der Waals surface area contributed by atoms with Gasteiger partial charge in [-0.05, 0) is 59.7 Å². The number of para-hydroxylation sites is 4. The van der Waals surface area contributed by atoms with Gasteiger partial charge >= 0.3 is 0 Å². The average Bonchev–Trinajstić information content (AvgIpc) is 3.56. The molecule has 2 heterocycles. The van der Waals surface area contributed by atoms with Crippen LogP contribution in [0.1, 0.15) is 5.56 Å². The third-order valence-corrected chi connectivity index (χ3v) is 7.86. The topological polar surface area (TPSA) is 41.9 Å². The minimum atomic E-state index is 0.644. The molecule has 0 radical (unpaired) electrons. The molecule has 0 amide bonds. The Morgan fingerprint density at radius 1 is 0.500 bits per heavy atom. The van der Waals surface area contributed by atoms with E-state index in [2.05, 4.69) is 108 Å². The highest BCUT2D eigenvalue weighted by Gasteiger charge is 2.17. The average molecular weight is 511 g/mol. The minimum absolute atomic E-state index is 0.644. The second-order valence-corrected chi connectivity index (χ2v) is 10.1. The van der Waals surface area contributed by atoms with Crippen molar-refractivity contribution in [3.05, 3.63) is 139 Å². The van der Waals surface area contributed by atoms with Crippen molar-refractivity contribution in [2.45, 2.75) is 0 Å². The van der Waals surface area contributed by atoms with E-state index < -0.39 is 0 Å². The molecule has 0 aliphatic carbocycles. The van der Waals surface area contributed by atoms with E-state index in [9.17, 15) is 5.26 Å². The van der Waals surface area contributed by atoms with E-state index in [0.29, 0.717) is 5.56 Å². The molecule has 0 unspecified atom stereocenters. The molecule has 0 spiro atoms. The summed E-state index contributed by atoms with van der Waals surface area (Å²) >= 11 is 0. The summed E-state index contributed by atoms with van der Waals surface area (Å²) in [6, 6.07) is 48.4. The molecule has 0 N–H and O–H groups in total. The summed E-state index contributed by atoms with van der Waals surface area (Å²) in [5.74, 6) is 0. The molecule has 8 rings (SSSR count). The van der Waals surface area contributed by atoms with Crippen LogP contribution in [0.4, 0.5) is 0 Å². The molecular formula is C37H22N2O. The minimum Gasteiger partial charge on any atom is -0.456 e. The molecule has 3 heteroatoms. The van der Waals surface area contributed by atoms with Crippen LogP contribution in [-0.2, 0) is 0 Å². The van der Waals surface area contributed by atoms with Gasteiger partial charge < -0.3 is 8.98 Å². The summed E-state index contributed by atoms with van der Waals surface area (Å²) in [6.45, 7) is 0. The number of hydrogen-bond acceptors (Lipinski definition) is 2. The lowest BCUT2D eigenvalue weighted by Gasteiger charge is -2.15. The van der Waals surface area contributed by atoms with Crippen molar-refractivity contribution >= 4 is 43.7 Å². The van der Waals surface area contributed by atoms with Crippen LogP contribution < -0.4 is 0 Å². The lowest BCUT2D eigenvalue weighted by molar-refractivity contribution is 0.669. The van der Waals surface area contributed by atoms with Crippen LogP contribution in [0, 0.1) is 11.3 Å². The number of rotatable bonds is 3. The van der Waals surface area contributed by atoms with E-state index in [1.807, 2.05) is 36.4 Å². The molecule has 8 aromatic rings. The predicted octanol–water partition coefficient (Wildman–Crippen LogP) is 9.89. The fourth-order valence-corrected chi connectivity index (χ4v) is 6.04. The third-order valence-electron chi connectivity index (χ3n) is 7.86. The number of nitriles is 1. The van der Waals surface area contributed by atoms with Crippen LogP contribution in [0.2, 0.25) is 0 Å². The molecule has 40 heavy (non-hydrogen) atoms. The number of nitrogens with zero attached hydrogens (tertiary/aromatic N) is 2. The van der Waals surface area contributed by atoms with Crippen molar-refractivity contribution in [3.63, 3.8) is 0 Å². The lowest BCUT2D eigenvalue weighted by atomic mass is 9.93. The first-order chi connectivity index (χ1) is 19.8. The van der Waals surface area contributed by atoms with Gasteiger partial charge in [-0.3, -0.25) is 0 Å². The number of fused-ring (bicyclic) bond motifs is 6. The van der Waals surface area contributed by atoms with E-state index in [0.717, 1.165) is 49.9 Å². The normalized spacial score (nSPS) is 11.5. The molecule has 0 atom stereocenters. The monoisotopic (exact) mass is 510 g/mol. The standard InChI is InChI=1S/C37H22N2O/c38-23-26-18-17-24(21-31(26)25-19-20-37-32(22-25)30-12-4-8-16-36(30)40-37)27-9-1-5-13-33(27)39-34-14-6-2-10-28(34)29-11-3-7-15-35(29)39/h1-22H. The highest BCUT2D eigenvalue weighted by atomic mass is 16.3. The van der Waals surface area contributed by atoms with Crippen molar-refractivity contribution in [1.29, 1.82) is 5.26 Å². The molecule has 186 valence electrons. The van der Waals surface area contributed by atoms with Crippen LogP contribution in [0.3, 0.4) is 0 Å². The Labute approximate surface area is 230 Å². The fraction of sp³-hybridized carbons (Fsp3) is 0. The van der Waals surface area contributed by atoms with Crippen LogP contribution >= 0.6 is 0 Å². The van der Waals surface area contributed by atoms with Gasteiger partial charge in [0, 0.05) is 32.7 Å². The molecule has 0 bridgehead atoms. The van der Waals surface area contributed by atoms with E-state index >= 15 is 0 Å². The molecule has 0 aliphatic heterocycles. The lowest BCUT2D eigenvalue weighted by Crippen LogP contribution is -1.97. The maximum absolute atomic E-state index is 10.1. The molecule has 0 saturated carbocycles. The largest absolute Gasteiger partial charge is 0.456 e. The third kappa shape index (κ3) is 3.30. The maximum atomic E-state index is 10.1. The van der Waals surface area contributed by atoms with E-state index in [4.69, 9.17) is 4.42 Å². The number of hydrogen-bond donors (Lipinski definition) is 0. The Bertz CT molecular complexity index is 2240. The van der Waals surface area contributed by atoms with Gasteiger partial charge in [-0.25, -0.2) is 0 Å². The zero-order valence-electron chi connectivity index (χ0n) is 21.5. The molecule has 0 fully saturated rings. The van der Waals surface area contributed by atoms with E-state index in [1.54, 1.807) is 0 Å². The molecular weight excluding hydrogens is 488 g/mol. The van der Waals surface area contributed by atoms with Crippen molar-refractivity contribution in [1.82, 2.24) is 4.57 Å². The first-order valence-electron chi connectivity index (χ1n) is 13.3. The predicted molar refractivity (Wildman–Crippen MR) is 164 cm³/mol. The quantitative estimate of drug-likeness (QED) is 0.237. The van der Waals surface area contributed by atoms with Crippen LogP contribution in [0.5, 0.6) is 0 Å². The Morgan fingerprint density at radius 3 is 1.88 bits per heavy atom. The van der Waals surface area contributed by atoms with Crippen molar-refractivity contribution in [3.8, 4) is 34.0 Å². The van der Waals surface area contributed by atoms with Gasteiger partial charge in [0.05, 0.1) is 28.4 Å². The van der Waals surface area contributed by atoms with Crippen LogP contribution in [-0.4, -0.2) is 4.57 Å². The van der Waals surface area contributed by atoms with Gasteiger partial charge in [-0.2, -0.15) is 5.26 Å². The Morgan fingerprint density at radius 2 is 1.10 bits per heavy atom. The van der Waals surface area contributed by atoms with Crippen molar-refractivity contribution in [2.24, 2.45) is 0 Å². The SMILES string of the molecule is N#Cc1ccc(-c2ccccc2-n2c3ccccc3c3ccccc32)cc1-c1ccc2oc3ccccc3c2c1. The first-order valence-corrected chi connectivity index (χ1v) is 13.3. The maximum Gasteiger partial charge on any atom is 0.135 e. The zero-order valence-corrected chi connectivity index (χ0v) is 21.5. The van der Waals surface area contributed by atoms with Gasteiger partial charge in [0.2, 0.25) is 0 Å². The van der Waals surface area contributed by atoms with Gasteiger partial charge in [-0.1, -0.05) is 84.9 Å². The highest BCUT2D eigenvalue weighted by molar-refractivity contribution is 6.10. The first kappa shape index (κ1) is 22.4. The molecule has 2 aromatic heterocycles. The second kappa shape index (κ2) is 8.73. The number of benzene rings is 6. The van der Waals surface area contributed by atoms with Gasteiger partial charge in [-0.15, -0.1) is 0 Å². The molecule has 6 aromatic carbocycles. The van der Waals surface area contributed by atoms with E-state index in [-0.39, 0.29) is 0 Å². The highest BCUT2D eigenvalue weighted by Crippen LogP contribution is 2.39. The second-order valence-electron chi connectivity index (χ2n) is 10.1. The number of aromatic nitrogens is 1. The van der Waals surface area contributed by atoms with Crippen LogP contribution in [0.25, 0.3) is 71.7 Å². The van der Waals surface area contributed by atoms with Crippen LogP contribution in [0.15, 0.2) is 138 Å². The van der Waals surface area contributed by atoms with Gasteiger partial charge in [0.25, 0.3) is 0 Å². The van der Waals surface area contributed by atoms with Crippen molar-refractivity contribution in [2.75, 3.05) is 0 Å². The van der Waals surface area contributed by atoms with E-state index in [1.165, 1.54) is 21.8 Å². The smallest absolute Gasteiger partial charge is 0.135 e. The van der Waals surface area contributed by atoms with Crippen molar-refractivity contribution < 1.29 is 4.42 Å². The zero-order chi connectivity index (χ0) is 26.6. The summed E-state index contributed by atoms with van der Waals surface area (Å²) in [5.41, 5.74) is 9.86. The summed E-state index contributed by atoms with van der Waals surface area (Å²) in [4.78, 5) is 0. The van der Waals surface area contributed by atoms with Gasteiger partial charge in [0.1, 0.15) is 11.2 Å². The summed E-state index contributed by atoms with van der Waals surface area (Å²) in [6.07, 6.45) is 0. The fourth-order valence-electron chi connectivity index (χ4n) is 6.04. The summed E-state index contributed by atoms with van der Waals surface area (Å²) in [5, 5.41) is 14.6. The van der Waals surface area contributed by atoms with Gasteiger partial charge in [0.15, 0.2) is 0 Å². The Kier molecular flexibility index (Phi) is 4.89. The Balaban J connectivity index is 1.36. The number of furan rings is 1. The Hall–Kier alpha value is -5.59. The molecule has 0 aliphatic rings. The summed E-state index contributed by atoms with van der Waals surface area (Å²) in [7, 11) is 0.